The Hall–Kier alpha value is -4.21. The van der Waals surface area contributed by atoms with Crippen LogP contribution in [0.25, 0.3) is 0 Å². The minimum Gasteiger partial charge on any atom is -0.494 e. The van der Waals surface area contributed by atoms with Crippen molar-refractivity contribution in [2.24, 2.45) is 4.99 Å². The molecule has 9 nitrogen and oxygen atoms in total. The number of guanidine groups is 1. The number of benzene rings is 3. The molecule has 2 aliphatic rings. The average molecular weight is 529 g/mol. The SMILES string of the molecule is CC(OOCc1ccccc1)N(C(=O)CCCCOc1ccc2c(c1)CN1CC(=O)NC1=N2)c1ccccc1. The number of ether oxygens (including phenoxy) is 1. The number of para-hydroxylation sites is 1. The highest BCUT2D eigenvalue weighted by atomic mass is 17.2. The largest absolute Gasteiger partial charge is 0.494 e. The van der Waals surface area contributed by atoms with Gasteiger partial charge in [0.15, 0.2) is 6.23 Å². The van der Waals surface area contributed by atoms with Gasteiger partial charge in [0, 0.05) is 24.2 Å². The first-order chi connectivity index (χ1) is 19.1. The van der Waals surface area contributed by atoms with Crippen LogP contribution < -0.4 is 15.0 Å². The Labute approximate surface area is 227 Å². The van der Waals surface area contributed by atoms with Crippen LogP contribution in [0.3, 0.4) is 0 Å². The van der Waals surface area contributed by atoms with Crippen LogP contribution >= 0.6 is 0 Å². The lowest BCUT2D eigenvalue weighted by Gasteiger charge is -2.28. The molecular weight excluding hydrogens is 496 g/mol. The third-order valence-electron chi connectivity index (χ3n) is 6.52. The van der Waals surface area contributed by atoms with Gasteiger partial charge in [-0.25, -0.2) is 14.8 Å². The number of unbranched alkanes of at least 4 members (excludes halogenated alkanes) is 1. The molecule has 3 aromatic carbocycles. The first-order valence-electron chi connectivity index (χ1n) is 13.2. The van der Waals surface area contributed by atoms with Gasteiger partial charge >= 0.3 is 0 Å². The Morgan fingerprint density at radius 3 is 2.59 bits per heavy atom. The number of amides is 2. The predicted molar refractivity (Wildman–Crippen MR) is 147 cm³/mol. The number of fused-ring (bicyclic) bond motifs is 2. The molecular formula is C30H32N4O5. The van der Waals surface area contributed by atoms with Crippen molar-refractivity contribution in [1.29, 1.82) is 0 Å². The number of aliphatic imine (C=N–C) groups is 1. The lowest BCUT2D eigenvalue weighted by molar-refractivity contribution is -0.328. The van der Waals surface area contributed by atoms with E-state index in [-0.39, 0.29) is 11.8 Å². The first-order valence-corrected chi connectivity index (χ1v) is 13.2. The van der Waals surface area contributed by atoms with Gasteiger partial charge in [-0.1, -0.05) is 48.5 Å². The fourth-order valence-electron chi connectivity index (χ4n) is 4.58. The van der Waals surface area contributed by atoms with Gasteiger partial charge in [0.2, 0.25) is 17.8 Å². The van der Waals surface area contributed by atoms with Crippen molar-refractivity contribution in [3.63, 3.8) is 0 Å². The predicted octanol–water partition coefficient (Wildman–Crippen LogP) is 4.70. The summed E-state index contributed by atoms with van der Waals surface area (Å²) in [6.07, 6.45) is 1.14. The van der Waals surface area contributed by atoms with Crippen LogP contribution in [0.2, 0.25) is 0 Å². The molecule has 202 valence electrons. The topological polar surface area (TPSA) is 92.7 Å². The van der Waals surface area contributed by atoms with Crippen LogP contribution in [-0.4, -0.2) is 42.1 Å². The summed E-state index contributed by atoms with van der Waals surface area (Å²) in [5.74, 6) is 1.27. The summed E-state index contributed by atoms with van der Waals surface area (Å²) in [6.45, 7) is 3.52. The number of nitrogens with zero attached hydrogens (tertiary/aromatic N) is 3. The van der Waals surface area contributed by atoms with Crippen LogP contribution in [0.15, 0.2) is 83.9 Å². The zero-order valence-electron chi connectivity index (χ0n) is 21.9. The fraction of sp³-hybridized carbons (Fsp3) is 0.300. The van der Waals surface area contributed by atoms with Gasteiger partial charge in [-0.2, -0.15) is 0 Å². The number of carbonyl (C=O) groups excluding carboxylic acids is 2. The summed E-state index contributed by atoms with van der Waals surface area (Å²) >= 11 is 0. The Morgan fingerprint density at radius 2 is 1.79 bits per heavy atom. The molecule has 5 rings (SSSR count). The molecule has 1 unspecified atom stereocenters. The summed E-state index contributed by atoms with van der Waals surface area (Å²) < 4.78 is 5.95. The van der Waals surface area contributed by atoms with Gasteiger partial charge in [0.25, 0.3) is 0 Å². The smallest absolute Gasteiger partial charge is 0.246 e. The number of rotatable bonds is 12. The summed E-state index contributed by atoms with van der Waals surface area (Å²) in [5, 5.41) is 2.77. The van der Waals surface area contributed by atoms with Gasteiger partial charge in [0.05, 0.1) is 12.3 Å². The second-order valence-electron chi connectivity index (χ2n) is 9.48. The quantitative estimate of drug-likeness (QED) is 0.159. The van der Waals surface area contributed by atoms with E-state index in [1.165, 1.54) is 0 Å². The maximum absolute atomic E-state index is 13.2. The van der Waals surface area contributed by atoms with E-state index in [4.69, 9.17) is 14.5 Å². The molecule has 1 N–H and O–H groups in total. The molecule has 0 bridgehead atoms. The molecule has 0 saturated carbocycles. The maximum atomic E-state index is 13.2. The van der Waals surface area contributed by atoms with Gasteiger partial charge in [-0.15, -0.1) is 0 Å². The normalized spacial score (nSPS) is 14.6. The lowest BCUT2D eigenvalue weighted by atomic mass is 10.1. The second kappa shape index (κ2) is 12.6. The molecule has 1 atom stereocenters. The van der Waals surface area contributed by atoms with E-state index < -0.39 is 6.23 Å². The summed E-state index contributed by atoms with van der Waals surface area (Å²) in [5.41, 5.74) is 3.60. The zero-order valence-corrected chi connectivity index (χ0v) is 21.9. The third-order valence-corrected chi connectivity index (χ3v) is 6.52. The molecule has 1 saturated heterocycles. The molecule has 2 amide bonds. The molecule has 39 heavy (non-hydrogen) atoms. The molecule has 0 aliphatic carbocycles. The first kappa shape index (κ1) is 26.4. The highest BCUT2D eigenvalue weighted by molar-refractivity contribution is 6.05. The fourth-order valence-corrected chi connectivity index (χ4v) is 4.58. The van der Waals surface area contributed by atoms with Crippen LogP contribution in [0.5, 0.6) is 5.75 Å². The van der Waals surface area contributed by atoms with Crippen molar-refractivity contribution in [3.8, 4) is 5.75 Å². The van der Waals surface area contributed by atoms with E-state index in [0.717, 1.165) is 34.7 Å². The van der Waals surface area contributed by atoms with E-state index in [1.54, 1.807) is 11.8 Å². The van der Waals surface area contributed by atoms with Crippen LogP contribution in [0.1, 0.15) is 37.3 Å². The highest BCUT2D eigenvalue weighted by Gasteiger charge is 2.29. The minimum absolute atomic E-state index is 0.0425. The van der Waals surface area contributed by atoms with Crippen molar-refractivity contribution in [1.82, 2.24) is 10.2 Å². The minimum atomic E-state index is -0.598. The third kappa shape index (κ3) is 6.81. The summed E-state index contributed by atoms with van der Waals surface area (Å²) in [4.78, 5) is 44.0. The maximum Gasteiger partial charge on any atom is 0.246 e. The highest BCUT2D eigenvalue weighted by Crippen LogP contribution is 2.30. The number of carbonyl (C=O) groups is 2. The molecule has 0 spiro atoms. The van der Waals surface area contributed by atoms with E-state index in [2.05, 4.69) is 10.3 Å². The van der Waals surface area contributed by atoms with Crippen molar-refractivity contribution < 1.29 is 24.1 Å². The van der Waals surface area contributed by atoms with Crippen LogP contribution in [0.4, 0.5) is 11.4 Å². The Balaban J connectivity index is 1.09. The summed E-state index contributed by atoms with van der Waals surface area (Å²) in [7, 11) is 0. The Morgan fingerprint density at radius 1 is 1.03 bits per heavy atom. The van der Waals surface area contributed by atoms with Gasteiger partial charge < -0.3 is 9.64 Å². The van der Waals surface area contributed by atoms with E-state index >= 15 is 0 Å². The monoisotopic (exact) mass is 528 g/mol. The van der Waals surface area contributed by atoms with Gasteiger partial charge in [-0.3, -0.25) is 19.8 Å². The van der Waals surface area contributed by atoms with Crippen LogP contribution in [0, 0.1) is 0 Å². The van der Waals surface area contributed by atoms with Gasteiger partial charge in [-0.05, 0) is 55.7 Å². The van der Waals surface area contributed by atoms with Gasteiger partial charge in [0.1, 0.15) is 18.9 Å². The molecule has 3 aromatic rings. The zero-order chi connectivity index (χ0) is 27.0. The van der Waals surface area contributed by atoms with Crippen molar-refractivity contribution in [2.75, 3.05) is 18.1 Å². The van der Waals surface area contributed by atoms with E-state index in [9.17, 15) is 9.59 Å². The average Bonchev–Trinajstić information content (AvgIpc) is 3.31. The molecule has 9 heteroatoms. The van der Waals surface area contributed by atoms with Crippen LogP contribution in [-0.2, 0) is 32.5 Å². The molecule has 0 radical (unpaired) electrons. The van der Waals surface area contributed by atoms with E-state index in [0.29, 0.717) is 45.1 Å². The van der Waals surface area contributed by atoms with Crippen molar-refractivity contribution >= 4 is 29.1 Å². The Bertz CT molecular complexity index is 1320. The second-order valence-corrected chi connectivity index (χ2v) is 9.48. The number of hydrogen-bond acceptors (Lipinski definition) is 7. The van der Waals surface area contributed by atoms with Crippen molar-refractivity contribution in [2.45, 2.75) is 45.6 Å². The molecule has 2 aliphatic heterocycles. The van der Waals surface area contributed by atoms with Crippen molar-refractivity contribution in [3.05, 3.63) is 90.0 Å². The standard InChI is InChI=1S/C30H32N4O5/c1-22(39-38-21-23-10-4-2-5-11-23)34(25-12-6-3-7-13-25)29(36)14-8-9-17-37-26-15-16-27-24(18-26)19-33-20-28(35)32-30(33)31-27/h2-7,10-13,15-16,18,22H,8-9,14,17,19-21H2,1H3,(H,31,32,35). The Kier molecular flexibility index (Phi) is 8.50. The number of anilines is 1. The molecule has 2 heterocycles. The molecule has 0 aromatic heterocycles. The molecule has 1 fully saturated rings. The summed E-state index contributed by atoms with van der Waals surface area (Å²) in [6, 6.07) is 25.0. The number of hydrogen-bond donors (Lipinski definition) is 1. The van der Waals surface area contributed by atoms with E-state index in [1.807, 2.05) is 83.8 Å². The number of nitrogens with one attached hydrogen (secondary N) is 1. The lowest BCUT2D eigenvalue weighted by Crippen LogP contribution is -2.40.